The summed E-state index contributed by atoms with van der Waals surface area (Å²) in [5.41, 5.74) is 0.953. The molecule has 0 aromatic carbocycles. The van der Waals surface area contributed by atoms with Gasteiger partial charge in [-0.15, -0.1) is 0 Å². The number of rotatable bonds is 2. The lowest BCUT2D eigenvalue weighted by Gasteiger charge is -2.14. The zero-order valence-corrected chi connectivity index (χ0v) is 11.5. The van der Waals surface area contributed by atoms with Crippen LogP contribution in [0.15, 0.2) is 6.07 Å². The molecule has 1 fully saturated rings. The first kappa shape index (κ1) is 13.4. The number of nitriles is 1. The molecule has 1 aromatic rings. The predicted octanol–water partition coefficient (Wildman–Crippen LogP) is 1.45. The molecule has 1 atom stereocenters. The second kappa shape index (κ2) is 4.92. The van der Waals surface area contributed by atoms with E-state index in [-0.39, 0.29) is 17.2 Å². The van der Waals surface area contributed by atoms with Crippen LogP contribution in [0, 0.1) is 17.4 Å². The summed E-state index contributed by atoms with van der Waals surface area (Å²) in [6, 6.07) is 1.86. The molecule has 0 radical (unpaired) electrons. The van der Waals surface area contributed by atoms with Gasteiger partial charge in [-0.25, -0.2) is 0 Å². The summed E-state index contributed by atoms with van der Waals surface area (Å²) < 4.78 is 0. The van der Waals surface area contributed by atoms with Gasteiger partial charge in [0.1, 0.15) is 0 Å². The fourth-order valence-electron chi connectivity index (χ4n) is 2.06. The molecule has 1 aliphatic rings. The van der Waals surface area contributed by atoms with E-state index in [1.54, 1.807) is 4.90 Å². The molecule has 1 unspecified atom stereocenters. The Morgan fingerprint density at radius 3 is 2.89 bits per heavy atom. The van der Waals surface area contributed by atoms with Crippen molar-refractivity contribution in [2.45, 2.75) is 32.6 Å². The van der Waals surface area contributed by atoms with Crippen molar-refractivity contribution >= 4 is 11.7 Å². The minimum atomic E-state index is -0.130. The van der Waals surface area contributed by atoms with Crippen molar-refractivity contribution in [3.05, 3.63) is 11.8 Å². The highest BCUT2D eigenvalue weighted by atomic mass is 16.2. The average molecular weight is 261 g/mol. The Hall–Kier alpha value is -2.03. The summed E-state index contributed by atoms with van der Waals surface area (Å²) in [4.78, 5) is 13.6. The average Bonchev–Trinajstić information content (AvgIpc) is 2.95. The van der Waals surface area contributed by atoms with Crippen LogP contribution in [0.3, 0.4) is 0 Å². The SMILES string of the molecule is CC(C)(C)c1cc(NC(=O)C2CCN(C#N)C2)n[nH]1. The van der Waals surface area contributed by atoms with Gasteiger partial charge in [0, 0.05) is 30.3 Å². The summed E-state index contributed by atoms with van der Waals surface area (Å²) in [5, 5.41) is 18.6. The molecule has 0 bridgehead atoms. The fraction of sp³-hybridized carbons (Fsp3) is 0.615. The maximum Gasteiger partial charge on any atom is 0.230 e. The molecule has 6 heteroatoms. The van der Waals surface area contributed by atoms with Gasteiger partial charge in [-0.3, -0.25) is 9.89 Å². The van der Waals surface area contributed by atoms with Crippen LogP contribution in [0.5, 0.6) is 0 Å². The number of aromatic amines is 1. The highest BCUT2D eigenvalue weighted by Gasteiger charge is 2.28. The second-order valence-electron chi connectivity index (χ2n) is 5.94. The van der Waals surface area contributed by atoms with Crippen molar-refractivity contribution in [3.8, 4) is 6.19 Å². The molecule has 2 rings (SSSR count). The van der Waals surface area contributed by atoms with Gasteiger partial charge in [-0.2, -0.15) is 10.4 Å². The van der Waals surface area contributed by atoms with Gasteiger partial charge in [-0.05, 0) is 6.42 Å². The Bertz CT molecular complexity index is 508. The van der Waals surface area contributed by atoms with Crippen molar-refractivity contribution in [3.63, 3.8) is 0 Å². The van der Waals surface area contributed by atoms with Crippen LogP contribution >= 0.6 is 0 Å². The lowest BCUT2D eigenvalue weighted by Crippen LogP contribution is -2.25. The molecule has 0 spiro atoms. The molecule has 2 N–H and O–H groups in total. The molecule has 0 saturated carbocycles. The summed E-state index contributed by atoms with van der Waals surface area (Å²) in [5.74, 6) is 0.351. The smallest absolute Gasteiger partial charge is 0.230 e. The summed E-state index contributed by atoms with van der Waals surface area (Å²) in [6.45, 7) is 7.39. The van der Waals surface area contributed by atoms with Crippen LogP contribution in [0.25, 0.3) is 0 Å². The van der Waals surface area contributed by atoms with Crippen molar-refractivity contribution < 1.29 is 4.79 Å². The van der Waals surface area contributed by atoms with Gasteiger partial charge in [0.25, 0.3) is 0 Å². The van der Waals surface area contributed by atoms with Crippen LogP contribution in [0.2, 0.25) is 0 Å². The number of hydrogen-bond acceptors (Lipinski definition) is 4. The number of nitrogens with one attached hydrogen (secondary N) is 2. The minimum Gasteiger partial charge on any atom is -0.310 e. The fourth-order valence-corrected chi connectivity index (χ4v) is 2.06. The van der Waals surface area contributed by atoms with E-state index >= 15 is 0 Å². The Morgan fingerprint density at radius 1 is 1.63 bits per heavy atom. The maximum atomic E-state index is 12.0. The van der Waals surface area contributed by atoms with Crippen LogP contribution in [-0.2, 0) is 10.2 Å². The maximum absolute atomic E-state index is 12.0. The summed E-state index contributed by atoms with van der Waals surface area (Å²) in [6.07, 6.45) is 2.79. The van der Waals surface area contributed by atoms with Crippen LogP contribution in [-0.4, -0.2) is 34.1 Å². The summed E-state index contributed by atoms with van der Waals surface area (Å²) in [7, 11) is 0. The third-order valence-electron chi connectivity index (χ3n) is 3.34. The van der Waals surface area contributed by atoms with Crippen LogP contribution < -0.4 is 5.32 Å². The lowest BCUT2D eigenvalue weighted by molar-refractivity contribution is -0.119. The van der Waals surface area contributed by atoms with E-state index in [4.69, 9.17) is 5.26 Å². The van der Waals surface area contributed by atoms with Gasteiger partial charge < -0.3 is 10.2 Å². The Morgan fingerprint density at radius 2 is 2.37 bits per heavy atom. The van der Waals surface area contributed by atoms with Crippen LogP contribution in [0.4, 0.5) is 5.82 Å². The van der Waals surface area contributed by atoms with Gasteiger partial charge in [0.05, 0.1) is 5.92 Å². The molecule has 2 heterocycles. The molecule has 1 saturated heterocycles. The molecule has 6 nitrogen and oxygen atoms in total. The number of likely N-dealkylation sites (tertiary alicyclic amines) is 1. The molecule has 102 valence electrons. The Labute approximate surface area is 112 Å². The second-order valence-corrected chi connectivity index (χ2v) is 5.94. The largest absolute Gasteiger partial charge is 0.310 e. The minimum absolute atomic E-state index is 0.0268. The molecule has 1 amide bonds. The molecule has 1 aromatic heterocycles. The number of amides is 1. The topological polar surface area (TPSA) is 84.8 Å². The van der Waals surface area contributed by atoms with Crippen molar-refractivity contribution in [2.75, 3.05) is 18.4 Å². The normalized spacial score (nSPS) is 19.3. The zero-order valence-electron chi connectivity index (χ0n) is 11.5. The molecule has 0 aliphatic carbocycles. The number of carbonyl (C=O) groups excluding carboxylic acids is 1. The monoisotopic (exact) mass is 261 g/mol. The van der Waals surface area contributed by atoms with Gasteiger partial charge >= 0.3 is 0 Å². The highest BCUT2D eigenvalue weighted by Crippen LogP contribution is 2.23. The number of anilines is 1. The number of nitrogens with zero attached hydrogens (tertiary/aromatic N) is 3. The molecular weight excluding hydrogens is 242 g/mol. The first-order valence-corrected chi connectivity index (χ1v) is 6.41. The highest BCUT2D eigenvalue weighted by molar-refractivity contribution is 5.92. The number of aromatic nitrogens is 2. The van der Waals surface area contributed by atoms with Gasteiger partial charge in [0.2, 0.25) is 5.91 Å². The number of hydrogen-bond donors (Lipinski definition) is 2. The number of H-pyrrole nitrogens is 1. The summed E-state index contributed by atoms with van der Waals surface area (Å²) >= 11 is 0. The first-order valence-electron chi connectivity index (χ1n) is 6.41. The van der Waals surface area contributed by atoms with Crippen molar-refractivity contribution in [2.24, 2.45) is 5.92 Å². The van der Waals surface area contributed by atoms with Gasteiger partial charge in [0.15, 0.2) is 12.0 Å². The quantitative estimate of drug-likeness (QED) is 0.789. The number of carbonyl (C=O) groups is 1. The lowest BCUT2D eigenvalue weighted by atomic mass is 9.92. The third-order valence-corrected chi connectivity index (χ3v) is 3.34. The molecule has 19 heavy (non-hydrogen) atoms. The van der Waals surface area contributed by atoms with E-state index < -0.39 is 0 Å². The third kappa shape index (κ3) is 3.05. The van der Waals surface area contributed by atoms with E-state index in [0.717, 1.165) is 12.1 Å². The van der Waals surface area contributed by atoms with E-state index in [1.165, 1.54) is 0 Å². The molecule has 1 aliphatic heterocycles. The van der Waals surface area contributed by atoms with Crippen LogP contribution in [0.1, 0.15) is 32.9 Å². The van der Waals surface area contributed by atoms with Crippen molar-refractivity contribution in [1.29, 1.82) is 5.26 Å². The van der Waals surface area contributed by atoms with Crippen molar-refractivity contribution in [1.82, 2.24) is 15.1 Å². The Kier molecular flexibility index (Phi) is 3.47. The van der Waals surface area contributed by atoms with E-state index in [0.29, 0.717) is 18.9 Å². The standard InChI is InChI=1S/C13H19N5O/c1-13(2,3)10-6-11(17-16-10)15-12(19)9-4-5-18(7-9)8-14/h6,9H,4-5,7H2,1-3H3,(H2,15,16,17,19). The zero-order chi connectivity index (χ0) is 14.0. The van der Waals surface area contributed by atoms with E-state index in [1.807, 2.05) is 6.07 Å². The van der Waals surface area contributed by atoms with E-state index in [9.17, 15) is 4.79 Å². The molecular formula is C13H19N5O. The Balaban J connectivity index is 1.97. The first-order chi connectivity index (χ1) is 8.90. The van der Waals surface area contributed by atoms with Gasteiger partial charge in [-0.1, -0.05) is 20.8 Å². The predicted molar refractivity (Wildman–Crippen MR) is 71.2 cm³/mol. The van der Waals surface area contributed by atoms with E-state index in [2.05, 4.69) is 42.5 Å².